The molecule has 0 atom stereocenters. The number of hydrogen-bond donors (Lipinski definition) is 1. The first-order chi connectivity index (χ1) is 9.50. The summed E-state index contributed by atoms with van der Waals surface area (Å²) in [6.07, 6.45) is 4.45. The van der Waals surface area contributed by atoms with Crippen molar-refractivity contribution in [1.29, 1.82) is 0 Å². The predicted octanol–water partition coefficient (Wildman–Crippen LogP) is 1.03. The van der Waals surface area contributed by atoms with Crippen LogP contribution in [0.2, 0.25) is 5.15 Å². The molecular weight excluding hydrogens is 302 g/mol. The van der Waals surface area contributed by atoms with Crippen LogP contribution in [0.5, 0.6) is 0 Å². The Morgan fingerprint density at radius 1 is 1.35 bits per heavy atom. The molecule has 1 aromatic heterocycles. The van der Waals surface area contributed by atoms with E-state index in [9.17, 15) is 13.2 Å². The molecule has 20 heavy (non-hydrogen) atoms. The van der Waals surface area contributed by atoms with Gasteiger partial charge in [0.2, 0.25) is 15.9 Å². The van der Waals surface area contributed by atoms with Crippen LogP contribution in [-0.2, 0) is 14.8 Å². The maximum atomic E-state index is 12.0. The Labute approximate surface area is 123 Å². The van der Waals surface area contributed by atoms with Crippen molar-refractivity contribution in [3.63, 3.8) is 0 Å². The highest BCUT2D eigenvalue weighted by molar-refractivity contribution is 7.89. The van der Waals surface area contributed by atoms with Crippen molar-refractivity contribution in [3.05, 3.63) is 23.5 Å². The van der Waals surface area contributed by atoms with Gasteiger partial charge in [-0.1, -0.05) is 11.6 Å². The smallest absolute Gasteiger partial charge is 0.244 e. The van der Waals surface area contributed by atoms with E-state index in [1.165, 1.54) is 18.3 Å². The van der Waals surface area contributed by atoms with Gasteiger partial charge < -0.3 is 4.90 Å². The summed E-state index contributed by atoms with van der Waals surface area (Å²) >= 11 is 5.75. The van der Waals surface area contributed by atoms with Gasteiger partial charge in [0.25, 0.3) is 0 Å². The van der Waals surface area contributed by atoms with Crippen LogP contribution >= 0.6 is 11.6 Å². The number of rotatable bonds is 4. The summed E-state index contributed by atoms with van der Waals surface area (Å²) < 4.78 is 26.3. The highest BCUT2D eigenvalue weighted by atomic mass is 35.5. The monoisotopic (exact) mass is 317 g/mol. The third-order valence-electron chi connectivity index (χ3n) is 3.14. The molecule has 1 aliphatic heterocycles. The van der Waals surface area contributed by atoms with Crippen molar-refractivity contribution >= 4 is 27.5 Å². The van der Waals surface area contributed by atoms with Crippen molar-refractivity contribution < 1.29 is 13.2 Å². The fraction of sp³-hybridized carbons (Fsp3) is 0.500. The fourth-order valence-electron chi connectivity index (χ4n) is 2.06. The fourth-order valence-corrected chi connectivity index (χ4v) is 3.49. The Morgan fingerprint density at radius 3 is 2.70 bits per heavy atom. The molecule has 0 spiro atoms. The number of carbonyl (C=O) groups is 1. The van der Waals surface area contributed by atoms with Crippen LogP contribution in [0.15, 0.2) is 23.2 Å². The van der Waals surface area contributed by atoms with Gasteiger partial charge in [0.15, 0.2) is 0 Å². The van der Waals surface area contributed by atoms with Gasteiger partial charge >= 0.3 is 0 Å². The summed E-state index contributed by atoms with van der Waals surface area (Å²) in [5, 5.41) is -0.106. The molecule has 8 heteroatoms. The van der Waals surface area contributed by atoms with Gasteiger partial charge in [-0.2, -0.15) is 0 Å². The number of carbonyl (C=O) groups excluding carboxylic acids is 1. The Balaban J connectivity index is 1.99. The molecule has 2 rings (SSSR count). The molecule has 0 bridgehead atoms. The zero-order valence-electron chi connectivity index (χ0n) is 10.9. The topological polar surface area (TPSA) is 79.4 Å². The molecule has 0 aromatic carbocycles. The highest BCUT2D eigenvalue weighted by Crippen LogP contribution is 2.17. The summed E-state index contributed by atoms with van der Waals surface area (Å²) in [4.78, 5) is 17.2. The number of aromatic nitrogens is 1. The molecule has 1 aliphatic rings. The Bertz CT molecular complexity index is 585. The lowest BCUT2D eigenvalue weighted by atomic mass is 10.1. The van der Waals surface area contributed by atoms with E-state index in [-0.39, 0.29) is 22.5 Å². The second-order valence-corrected chi connectivity index (χ2v) is 6.65. The van der Waals surface area contributed by atoms with Crippen molar-refractivity contribution in [3.8, 4) is 0 Å². The number of likely N-dealkylation sites (tertiary alicyclic amines) is 1. The van der Waals surface area contributed by atoms with E-state index in [0.29, 0.717) is 13.1 Å². The van der Waals surface area contributed by atoms with Crippen LogP contribution in [0.3, 0.4) is 0 Å². The quantitative estimate of drug-likeness (QED) is 0.841. The Hall–Kier alpha value is -1.18. The van der Waals surface area contributed by atoms with Gasteiger partial charge in [-0.05, 0) is 31.4 Å². The predicted molar refractivity (Wildman–Crippen MR) is 74.9 cm³/mol. The molecule has 2 heterocycles. The maximum absolute atomic E-state index is 12.0. The number of amides is 1. The number of pyridine rings is 1. The average Bonchev–Trinajstić information content (AvgIpc) is 2.46. The third kappa shape index (κ3) is 3.68. The van der Waals surface area contributed by atoms with Crippen molar-refractivity contribution in [1.82, 2.24) is 14.6 Å². The molecule has 0 saturated carbocycles. The zero-order chi connectivity index (χ0) is 14.6. The van der Waals surface area contributed by atoms with Crippen LogP contribution in [-0.4, -0.2) is 43.8 Å². The van der Waals surface area contributed by atoms with E-state index in [4.69, 9.17) is 11.6 Å². The SMILES string of the molecule is O=C(CNS(=O)(=O)c1cccnc1Cl)N1CCCCC1. The third-order valence-corrected chi connectivity index (χ3v) is 4.98. The molecule has 1 N–H and O–H groups in total. The second kappa shape index (κ2) is 6.51. The molecule has 1 aromatic rings. The van der Waals surface area contributed by atoms with E-state index < -0.39 is 10.0 Å². The van der Waals surface area contributed by atoms with E-state index in [1.807, 2.05) is 0 Å². The summed E-state index contributed by atoms with van der Waals surface area (Å²) in [7, 11) is -3.82. The Kier molecular flexibility index (Phi) is 4.95. The van der Waals surface area contributed by atoms with Crippen LogP contribution in [0.1, 0.15) is 19.3 Å². The van der Waals surface area contributed by atoms with Crippen molar-refractivity contribution in [2.45, 2.75) is 24.2 Å². The largest absolute Gasteiger partial charge is 0.342 e. The van der Waals surface area contributed by atoms with E-state index >= 15 is 0 Å². The summed E-state index contributed by atoms with van der Waals surface area (Å²) in [5.74, 6) is -0.215. The molecule has 0 aliphatic carbocycles. The number of hydrogen-bond acceptors (Lipinski definition) is 4. The first-order valence-electron chi connectivity index (χ1n) is 6.39. The molecular formula is C12H16ClN3O3S. The zero-order valence-corrected chi connectivity index (χ0v) is 12.5. The van der Waals surface area contributed by atoms with E-state index in [2.05, 4.69) is 9.71 Å². The van der Waals surface area contributed by atoms with E-state index in [0.717, 1.165) is 19.3 Å². The lowest BCUT2D eigenvalue weighted by molar-refractivity contribution is -0.130. The van der Waals surface area contributed by atoms with Gasteiger partial charge in [0.05, 0.1) is 6.54 Å². The van der Waals surface area contributed by atoms with Gasteiger partial charge in [0.1, 0.15) is 10.0 Å². The molecule has 110 valence electrons. The number of nitrogens with zero attached hydrogens (tertiary/aromatic N) is 2. The van der Waals surface area contributed by atoms with Crippen LogP contribution < -0.4 is 4.72 Å². The number of piperidine rings is 1. The molecule has 1 saturated heterocycles. The summed E-state index contributed by atoms with van der Waals surface area (Å²) in [6, 6.07) is 2.83. The van der Waals surface area contributed by atoms with E-state index in [1.54, 1.807) is 4.90 Å². The number of nitrogens with one attached hydrogen (secondary N) is 1. The molecule has 1 fully saturated rings. The highest BCUT2D eigenvalue weighted by Gasteiger charge is 2.22. The lowest BCUT2D eigenvalue weighted by Gasteiger charge is -2.26. The maximum Gasteiger partial charge on any atom is 0.244 e. The minimum atomic E-state index is -3.82. The van der Waals surface area contributed by atoms with Crippen molar-refractivity contribution in [2.24, 2.45) is 0 Å². The normalized spacial score (nSPS) is 16.1. The van der Waals surface area contributed by atoms with Crippen LogP contribution in [0.4, 0.5) is 0 Å². The number of halogens is 1. The minimum absolute atomic E-state index is 0.106. The lowest BCUT2D eigenvalue weighted by Crippen LogP contribution is -2.42. The molecule has 0 unspecified atom stereocenters. The summed E-state index contributed by atoms with van der Waals surface area (Å²) in [6.45, 7) is 1.12. The molecule has 0 radical (unpaired) electrons. The van der Waals surface area contributed by atoms with Crippen LogP contribution in [0, 0.1) is 0 Å². The molecule has 1 amide bonds. The summed E-state index contributed by atoms with van der Waals surface area (Å²) in [5.41, 5.74) is 0. The molecule has 6 nitrogen and oxygen atoms in total. The number of sulfonamides is 1. The van der Waals surface area contributed by atoms with Crippen LogP contribution in [0.25, 0.3) is 0 Å². The standard InChI is InChI=1S/C12H16ClN3O3S/c13-12-10(5-4-6-14-12)20(18,19)15-9-11(17)16-7-2-1-3-8-16/h4-6,15H,1-3,7-9H2. The average molecular weight is 318 g/mol. The van der Waals surface area contributed by atoms with Crippen molar-refractivity contribution in [2.75, 3.05) is 19.6 Å². The van der Waals surface area contributed by atoms with Gasteiger partial charge in [0, 0.05) is 19.3 Å². The van der Waals surface area contributed by atoms with Gasteiger partial charge in [-0.3, -0.25) is 4.79 Å². The first kappa shape index (κ1) is 15.2. The first-order valence-corrected chi connectivity index (χ1v) is 8.25. The second-order valence-electron chi connectivity index (χ2n) is 4.56. The minimum Gasteiger partial charge on any atom is -0.342 e. The Morgan fingerprint density at radius 2 is 2.05 bits per heavy atom. The van der Waals surface area contributed by atoms with Gasteiger partial charge in [-0.15, -0.1) is 0 Å². The van der Waals surface area contributed by atoms with Gasteiger partial charge in [-0.25, -0.2) is 18.1 Å².